The second kappa shape index (κ2) is 11.0. The van der Waals surface area contributed by atoms with Crippen LogP contribution in [-0.2, 0) is 5.41 Å². The van der Waals surface area contributed by atoms with E-state index >= 15 is 0 Å². The van der Waals surface area contributed by atoms with Crippen molar-refractivity contribution in [1.29, 1.82) is 0 Å². The van der Waals surface area contributed by atoms with E-state index in [9.17, 15) is 0 Å². The van der Waals surface area contributed by atoms with E-state index in [4.69, 9.17) is 0 Å². The van der Waals surface area contributed by atoms with Gasteiger partial charge in [0.05, 0.1) is 0 Å². The van der Waals surface area contributed by atoms with Gasteiger partial charge in [-0.1, -0.05) is 172 Å². The summed E-state index contributed by atoms with van der Waals surface area (Å²) in [7, 11) is 0. The van der Waals surface area contributed by atoms with Crippen molar-refractivity contribution < 1.29 is 0 Å². The average molecular weight is 679 g/mol. The van der Waals surface area contributed by atoms with E-state index in [0.29, 0.717) is 0 Å². The third-order valence-electron chi connectivity index (χ3n) is 11.6. The van der Waals surface area contributed by atoms with Gasteiger partial charge in [0, 0.05) is 31.2 Å². The van der Waals surface area contributed by atoms with E-state index < -0.39 is 0 Å². The maximum absolute atomic E-state index is 2.45. The van der Waals surface area contributed by atoms with Crippen molar-refractivity contribution in [2.24, 2.45) is 0 Å². The highest BCUT2D eigenvalue weighted by Gasteiger charge is 2.37. The highest BCUT2D eigenvalue weighted by molar-refractivity contribution is 7.26. The maximum atomic E-state index is 2.45. The van der Waals surface area contributed by atoms with Crippen molar-refractivity contribution in [3.8, 4) is 44.5 Å². The molecule has 0 spiro atoms. The molecule has 0 N–H and O–H groups in total. The summed E-state index contributed by atoms with van der Waals surface area (Å²) in [5.41, 5.74) is 13.2. The molecule has 1 heterocycles. The van der Waals surface area contributed by atoms with Crippen LogP contribution in [0.5, 0.6) is 0 Å². The molecule has 0 bridgehead atoms. The molecule has 11 rings (SSSR count). The van der Waals surface area contributed by atoms with Gasteiger partial charge in [-0.05, 0) is 94.5 Å². The third kappa shape index (κ3) is 4.09. The molecule has 1 aliphatic rings. The molecule has 0 amide bonds. The summed E-state index contributed by atoms with van der Waals surface area (Å²) in [6.07, 6.45) is 0. The van der Waals surface area contributed by atoms with Crippen LogP contribution in [0.25, 0.3) is 97.0 Å². The number of rotatable bonds is 3. The van der Waals surface area contributed by atoms with E-state index in [1.165, 1.54) is 108 Å². The normalized spacial score (nSPS) is 13.3. The van der Waals surface area contributed by atoms with Gasteiger partial charge in [0.15, 0.2) is 0 Å². The molecule has 52 heavy (non-hydrogen) atoms. The minimum Gasteiger partial charge on any atom is -0.134 e. The van der Waals surface area contributed by atoms with E-state index in [1.807, 2.05) is 11.3 Å². The van der Waals surface area contributed by atoms with Crippen LogP contribution in [0.1, 0.15) is 25.0 Å². The van der Waals surface area contributed by atoms with Crippen LogP contribution < -0.4 is 0 Å². The first-order valence-electron chi connectivity index (χ1n) is 18.2. The zero-order valence-corrected chi connectivity index (χ0v) is 29.9. The number of hydrogen-bond acceptors (Lipinski definition) is 1. The van der Waals surface area contributed by atoms with Gasteiger partial charge in [-0.2, -0.15) is 0 Å². The minimum absolute atomic E-state index is 0.0749. The Bertz CT molecular complexity index is 3010. The van der Waals surface area contributed by atoms with Crippen LogP contribution in [-0.4, -0.2) is 0 Å². The van der Waals surface area contributed by atoms with Crippen LogP contribution in [0, 0.1) is 0 Å². The number of fused-ring (bicyclic) bond motifs is 10. The predicted octanol–water partition coefficient (Wildman–Crippen LogP) is 14.8. The lowest BCUT2D eigenvalue weighted by Gasteiger charge is -2.22. The van der Waals surface area contributed by atoms with Gasteiger partial charge in [-0.3, -0.25) is 0 Å². The molecule has 0 radical (unpaired) electrons. The molecule has 0 saturated heterocycles. The largest absolute Gasteiger partial charge is 0.134 e. The Labute approximate surface area is 307 Å². The summed E-state index contributed by atoms with van der Waals surface area (Å²) in [4.78, 5) is 0. The molecule has 0 aliphatic heterocycles. The van der Waals surface area contributed by atoms with Crippen molar-refractivity contribution in [3.63, 3.8) is 0 Å². The Kier molecular flexibility index (Phi) is 6.27. The second-order valence-electron chi connectivity index (χ2n) is 14.8. The van der Waals surface area contributed by atoms with Crippen LogP contribution in [0.2, 0.25) is 0 Å². The highest BCUT2D eigenvalue weighted by Crippen LogP contribution is 2.55. The van der Waals surface area contributed by atoms with Crippen molar-refractivity contribution >= 4 is 63.8 Å². The van der Waals surface area contributed by atoms with Crippen molar-refractivity contribution in [2.45, 2.75) is 19.3 Å². The Morgan fingerprint density at radius 1 is 0.404 bits per heavy atom. The van der Waals surface area contributed by atoms with Crippen molar-refractivity contribution in [3.05, 3.63) is 181 Å². The summed E-state index contributed by atoms with van der Waals surface area (Å²) in [5.74, 6) is 0. The molecule has 0 saturated carbocycles. The predicted molar refractivity (Wildman–Crippen MR) is 226 cm³/mol. The van der Waals surface area contributed by atoms with Crippen molar-refractivity contribution in [1.82, 2.24) is 0 Å². The van der Waals surface area contributed by atoms with Crippen molar-refractivity contribution in [2.75, 3.05) is 0 Å². The lowest BCUT2D eigenvalue weighted by Crippen LogP contribution is -2.15. The third-order valence-corrected chi connectivity index (χ3v) is 12.8. The fraction of sp³-hybridized carbons (Fsp3) is 0.0588. The number of thiophene rings is 1. The molecule has 10 aromatic rings. The Morgan fingerprint density at radius 3 is 1.58 bits per heavy atom. The fourth-order valence-corrected chi connectivity index (χ4v) is 10.7. The maximum Gasteiger partial charge on any atom is 0.0440 e. The van der Waals surface area contributed by atoms with Gasteiger partial charge in [0.1, 0.15) is 0 Å². The SMILES string of the molecule is CC1(C)c2ccccc2-c2ccc3sc4c(-c5ccc(-c6c7ccccc7c(-c7ccccc7)c7ccccc67)cc5)c5ccccc5cc4c3c21. The Morgan fingerprint density at radius 2 is 0.923 bits per heavy atom. The van der Waals surface area contributed by atoms with Gasteiger partial charge < -0.3 is 0 Å². The Hall–Kier alpha value is -6.02. The highest BCUT2D eigenvalue weighted by atomic mass is 32.1. The summed E-state index contributed by atoms with van der Waals surface area (Å²) < 4.78 is 2.73. The smallest absolute Gasteiger partial charge is 0.0440 e. The number of hydrogen-bond donors (Lipinski definition) is 0. The average Bonchev–Trinajstić information content (AvgIpc) is 3.67. The van der Waals surface area contributed by atoms with Gasteiger partial charge in [0.2, 0.25) is 0 Å². The standard InChI is InChI=1S/C51H34S/c1-51(2)43-23-13-12-18-36(43)41-28-29-44-48(49(41)51)42-30-34-16-6-7-17-35(34)47(50(42)52-44)33-26-24-32(25-27-33)46-39-21-10-8-19-37(39)45(31-14-4-3-5-15-31)38-20-9-11-22-40(38)46/h3-30H,1-2H3. The molecule has 244 valence electrons. The van der Waals surface area contributed by atoms with E-state index in [2.05, 4.69) is 184 Å². The van der Waals surface area contributed by atoms with Gasteiger partial charge in [-0.15, -0.1) is 11.3 Å². The topological polar surface area (TPSA) is 0 Å². The molecule has 1 heteroatoms. The van der Waals surface area contributed by atoms with Gasteiger partial charge in [0.25, 0.3) is 0 Å². The van der Waals surface area contributed by atoms with Crippen LogP contribution in [0.4, 0.5) is 0 Å². The molecular weight excluding hydrogens is 645 g/mol. The molecule has 9 aromatic carbocycles. The minimum atomic E-state index is -0.0749. The summed E-state index contributed by atoms with van der Waals surface area (Å²) in [5, 5.41) is 10.5. The molecule has 0 unspecified atom stereocenters. The quantitative estimate of drug-likeness (QED) is 0.163. The summed E-state index contributed by atoms with van der Waals surface area (Å²) in [6, 6.07) is 63.2. The van der Waals surface area contributed by atoms with E-state index in [0.717, 1.165) is 0 Å². The molecule has 1 aliphatic carbocycles. The monoisotopic (exact) mass is 678 g/mol. The molecule has 1 aromatic heterocycles. The zero-order chi connectivity index (χ0) is 34.6. The lowest BCUT2D eigenvalue weighted by molar-refractivity contribution is 0.667. The first kappa shape index (κ1) is 29.7. The summed E-state index contributed by atoms with van der Waals surface area (Å²) >= 11 is 1.95. The van der Waals surface area contributed by atoms with E-state index in [1.54, 1.807) is 0 Å². The Balaban J connectivity index is 1.15. The zero-order valence-electron chi connectivity index (χ0n) is 29.1. The van der Waals surface area contributed by atoms with E-state index in [-0.39, 0.29) is 5.41 Å². The number of benzene rings is 9. The first-order valence-corrected chi connectivity index (χ1v) is 19.0. The van der Waals surface area contributed by atoms with Crippen LogP contribution in [0.3, 0.4) is 0 Å². The summed E-state index contributed by atoms with van der Waals surface area (Å²) in [6.45, 7) is 4.81. The molecule has 0 atom stereocenters. The lowest BCUT2D eigenvalue weighted by atomic mass is 9.80. The van der Waals surface area contributed by atoms with Crippen LogP contribution >= 0.6 is 11.3 Å². The molecule has 0 fully saturated rings. The molecule has 0 nitrogen and oxygen atoms in total. The van der Waals surface area contributed by atoms with Crippen LogP contribution in [0.15, 0.2) is 170 Å². The first-order chi connectivity index (χ1) is 25.6. The van der Waals surface area contributed by atoms with Gasteiger partial charge in [-0.25, -0.2) is 0 Å². The molecular formula is C51H34S. The van der Waals surface area contributed by atoms with Gasteiger partial charge >= 0.3 is 0 Å². The fourth-order valence-electron chi connectivity index (χ4n) is 9.38. The second-order valence-corrected chi connectivity index (χ2v) is 15.8.